The van der Waals surface area contributed by atoms with Crippen molar-refractivity contribution < 1.29 is 9.18 Å². The summed E-state index contributed by atoms with van der Waals surface area (Å²) in [5, 5.41) is 3.72. The van der Waals surface area contributed by atoms with E-state index in [0.717, 1.165) is 24.4 Å². The highest BCUT2D eigenvalue weighted by molar-refractivity contribution is 9.09. The summed E-state index contributed by atoms with van der Waals surface area (Å²) in [6.07, 6.45) is 4.46. The van der Waals surface area contributed by atoms with Gasteiger partial charge in [-0.05, 0) is 18.4 Å². The van der Waals surface area contributed by atoms with Crippen LogP contribution in [0.4, 0.5) is 4.39 Å². The Balaban J connectivity index is 2.49. The monoisotopic (exact) mass is 302 g/mol. The molecule has 0 aromatic carbocycles. The predicted octanol–water partition coefficient (Wildman–Crippen LogP) is 2.76. The molecule has 0 fully saturated rings. The van der Waals surface area contributed by atoms with E-state index >= 15 is 0 Å². The van der Waals surface area contributed by atoms with Crippen molar-refractivity contribution in [1.29, 1.82) is 0 Å². The second-order valence-electron chi connectivity index (χ2n) is 3.85. The van der Waals surface area contributed by atoms with Crippen LogP contribution in [0.1, 0.15) is 30.1 Å². The third kappa shape index (κ3) is 4.81. The number of hydrogen-bond acceptors (Lipinski definition) is 2. The quantitative estimate of drug-likeness (QED) is 0.821. The third-order valence-corrected chi connectivity index (χ3v) is 3.07. The van der Waals surface area contributed by atoms with E-state index in [9.17, 15) is 9.18 Å². The van der Waals surface area contributed by atoms with Crippen LogP contribution in [0.2, 0.25) is 0 Å². The van der Waals surface area contributed by atoms with Crippen LogP contribution in [0.25, 0.3) is 0 Å². The summed E-state index contributed by atoms with van der Waals surface area (Å²) >= 11 is 3.38. The number of carbonyl (C=O) groups is 1. The smallest absolute Gasteiger partial charge is 0.252 e. The number of hydrogen-bond donors (Lipinski definition) is 1. The molecule has 1 aromatic heterocycles. The lowest BCUT2D eigenvalue weighted by Crippen LogP contribution is -2.29. The number of nitrogens with one attached hydrogen (secondary N) is 1. The molecule has 1 rings (SSSR count). The first-order chi connectivity index (χ1) is 8.17. The van der Waals surface area contributed by atoms with Gasteiger partial charge in [0.2, 0.25) is 0 Å². The molecule has 1 amide bonds. The predicted molar refractivity (Wildman–Crippen MR) is 68.7 cm³/mol. The fraction of sp³-hybridized carbons (Fsp3) is 0.500. The van der Waals surface area contributed by atoms with E-state index in [1.54, 1.807) is 0 Å². The molecule has 0 spiro atoms. The Kier molecular flexibility index (Phi) is 6.11. The zero-order valence-corrected chi connectivity index (χ0v) is 11.3. The Labute approximate surface area is 109 Å². The maximum Gasteiger partial charge on any atom is 0.252 e. The molecule has 0 radical (unpaired) electrons. The van der Waals surface area contributed by atoms with Gasteiger partial charge in [0.05, 0.1) is 11.8 Å². The zero-order valence-electron chi connectivity index (χ0n) is 9.75. The van der Waals surface area contributed by atoms with E-state index in [2.05, 4.69) is 33.2 Å². The van der Waals surface area contributed by atoms with E-state index in [1.165, 1.54) is 12.3 Å². The third-order valence-electron chi connectivity index (χ3n) is 2.61. The minimum Gasteiger partial charge on any atom is -0.352 e. The van der Waals surface area contributed by atoms with Gasteiger partial charge in [-0.3, -0.25) is 9.78 Å². The van der Waals surface area contributed by atoms with Crippen LogP contribution < -0.4 is 5.32 Å². The molecular weight excluding hydrogens is 287 g/mol. The molecule has 0 bridgehead atoms. The lowest BCUT2D eigenvalue weighted by atomic mass is 10.0. The van der Waals surface area contributed by atoms with E-state index in [0.29, 0.717) is 12.5 Å². The summed E-state index contributed by atoms with van der Waals surface area (Å²) in [6.45, 7) is 2.70. The fourth-order valence-electron chi connectivity index (χ4n) is 1.48. The molecule has 1 N–H and O–H groups in total. The second kappa shape index (κ2) is 7.37. The summed E-state index contributed by atoms with van der Waals surface area (Å²) in [7, 11) is 0. The molecule has 17 heavy (non-hydrogen) atoms. The van der Waals surface area contributed by atoms with Gasteiger partial charge in [0, 0.05) is 18.1 Å². The van der Waals surface area contributed by atoms with Crippen molar-refractivity contribution in [1.82, 2.24) is 10.3 Å². The lowest BCUT2D eigenvalue weighted by molar-refractivity contribution is 0.0945. The Hall–Kier alpha value is -0.970. The number of carbonyl (C=O) groups excluding carboxylic acids is 1. The van der Waals surface area contributed by atoms with Crippen molar-refractivity contribution in [3.05, 3.63) is 29.8 Å². The molecule has 3 nitrogen and oxygen atoms in total. The maximum absolute atomic E-state index is 12.9. The molecule has 5 heteroatoms. The number of amides is 1. The van der Waals surface area contributed by atoms with Crippen molar-refractivity contribution in [3.8, 4) is 0 Å². The average Bonchev–Trinajstić information content (AvgIpc) is 2.34. The highest BCUT2D eigenvalue weighted by Crippen LogP contribution is 2.09. The van der Waals surface area contributed by atoms with Gasteiger partial charge in [-0.1, -0.05) is 29.3 Å². The van der Waals surface area contributed by atoms with E-state index in [4.69, 9.17) is 0 Å². The van der Waals surface area contributed by atoms with Gasteiger partial charge in [-0.2, -0.15) is 0 Å². The van der Waals surface area contributed by atoms with Crippen molar-refractivity contribution >= 4 is 21.8 Å². The summed E-state index contributed by atoms with van der Waals surface area (Å²) in [6, 6.07) is 1.19. The Morgan fingerprint density at radius 2 is 2.35 bits per heavy atom. The summed E-state index contributed by atoms with van der Waals surface area (Å²) in [5.41, 5.74) is 0.263. The molecule has 1 unspecified atom stereocenters. The van der Waals surface area contributed by atoms with Gasteiger partial charge in [-0.25, -0.2) is 4.39 Å². The number of nitrogens with zero attached hydrogens (tertiary/aromatic N) is 1. The van der Waals surface area contributed by atoms with E-state index < -0.39 is 5.82 Å². The molecule has 94 valence electrons. The molecule has 0 saturated carbocycles. The number of alkyl halides is 1. The van der Waals surface area contributed by atoms with Crippen molar-refractivity contribution in [3.63, 3.8) is 0 Å². The van der Waals surface area contributed by atoms with Crippen molar-refractivity contribution in [2.75, 3.05) is 11.9 Å². The fourth-order valence-corrected chi connectivity index (χ4v) is 2.13. The number of halogens is 2. The molecule has 1 heterocycles. The first-order valence-electron chi connectivity index (χ1n) is 5.62. The van der Waals surface area contributed by atoms with E-state index in [-0.39, 0.29) is 11.5 Å². The SMILES string of the molecule is CCC(CCBr)CNC(=O)c1cncc(F)c1. The standard InChI is InChI=1S/C12H16BrFN2O/c1-2-9(3-4-13)6-16-12(17)10-5-11(14)8-15-7-10/h5,7-9H,2-4,6H2,1H3,(H,16,17). The van der Waals surface area contributed by atoms with Crippen LogP contribution in [-0.4, -0.2) is 22.8 Å². The van der Waals surface area contributed by atoms with Crippen LogP contribution in [0, 0.1) is 11.7 Å². The van der Waals surface area contributed by atoms with Crippen LogP contribution in [0.15, 0.2) is 18.5 Å². The van der Waals surface area contributed by atoms with Crippen LogP contribution in [-0.2, 0) is 0 Å². The van der Waals surface area contributed by atoms with Gasteiger partial charge in [-0.15, -0.1) is 0 Å². The molecule has 0 aliphatic heterocycles. The second-order valence-corrected chi connectivity index (χ2v) is 4.65. The summed E-state index contributed by atoms with van der Waals surface area (Å²) in [5.74, 6) is -0.324. The van der Waals surface area contributed by atoms with Gasteiger partial charge in [0.1, 0.15) is 5.82 Å². The molecular formula is C12H16BrFN2O. The Morgan fingerprint density at radius 1 is 1.59 bits per heavy atom. The average molecular weight is 303 g/mol. The minimum atomic E-state index is -0.495. The van der Waals surface area contributed by atoms with Crippen LogP contribution >= 0.6 is 15.9 Å². The molecule has 0 saturated heterocycles. The number of pyridine rings is 1. The maximum atomic E-state index is 12.9. The lowest BCUT2D eigenvalue weighted by Gasteiger charge is -2.14. The Morgan fingerprint density at radius 3 is 2.94 bits per heavy atom. The number of rotatable bonds is 6. The van der Waals surface area contributed by atoms with Gasteiger partial charge in [0.15, 0.2) is 0 Å². The van der Waals surface area contributed by atoms with Gasteiger partial charge >= 0.3 is 0 Å². The highest BCUT2D eigenvalue weighted by atomic mass is 79.9. The molecule has 0 aliphatic rings. The minimum absolute atomic E-state index is 0.263. The number of aromatic nitrogens is 1. The zero-order chi connectivity index (χ0) is 12.7. The summed E-state index contributed by atoms with van der Waals surface area (Å²) < 4.78 is 12.9. The normalized spacial score (nSPS) is 12.2. The van der Waals surface area contributed by atoms with Gasteiger partial charge in [0.25, 0.3) is 5.91 Å². The first-order valence-corrected chi connectivity index (χ1v) is 6.74. The van der Waals surface area contributed by atoms with Gasteiger partial charge < -0.3 is 5.32 Å². The molecule has 1 atom stereocenters. The first kappa shape index (κ1) is 14.1. The van der Waals surface area contributed by atoms with Crippen molar-refractivity contribution in [2.24, 2.45) is 5.92 Å². The summed E-state index contributed by atoms with van der Waals surface area (Å²) in [4.78, 5) is 15.3. The highest BCUT2D eigenvalue weighted by Gasteiger charge is 2.10. The Bertz CT molecular complexity index is 373. The molecule has 1 aromatic rings. The largest absolute Gasteiger partial charge is 0.352 e. The topological polar surface area (TPSA) is 42.0 Å². The van der Waals surface area contributed by atoms with Crippen LogP contribution in [0.5, 0.6) is 0 Å². The van der Waals surface area contributed by atoms with Crippen molar-refractivity contribution in [2.45, 2.75) is 19.8 Å². The van der Waals surface area contributed by atoms with E-state index in [1.807, 2.05) is 0 Å². The van der Waals surface area contributed by atoms with Crippen LogP contribution in [0.3, 0.4) is 0 Å². The molecule has 0 aliphatic carbocycles.